The number of hydrogen-bond donors (Lipinski definition) is 0. The van der Waals surface area contributed by atoms with E-state index >= 15 is 0 Å². The second-order valence-corrected chi connectivity index (χ2v) is 4.38. The number of aromatic nitrogens is 2. The van der Waals surface area contributed by atoms with Crippen LogP contribution in [0.1, 0.15) is 31.0 Å². The van der Waals surface area contributed by atoms with Crippen LogP contribution < -0.4 is 0 Å². The van der Waals surface area contributed by atoms with E-state index in [2.05, 4.69) is 5.10 Å². The number of rotatable bonds is 2. The fraction of sp³-hybridized carbons (Fsp3) is 0.308. The molecule has 0 aliphatic rings. The third-order valence-corrected chi connectivity index (χ3v) is 2.66. The van der Waals surface area contributed by atoms with Crippen LogP contribution in [-0.2, 0) is 6.18 Å². The first-order valence-corrected chi connectivity index (χ1v) is 5.61. The van der Waals surface area contributed by atoms with Gasteiger partial charge in [0.25, 0.3) is 0 Å². The lowest BCUT2D eigenvalue weighted by atomic mass is 10.1. The third-order valence-electron chi connectivity index (χ3n) is 2.66. The van der Waals surface area contributed by atoms with Crippen molar-refractivity contribution in [3.63, 3.8) is 0 Å². The standard InChI is InChI=1S/C13H13F3N2/c1-9(2)12-7-8-18(17-12)11-5-3-10(4-6-11)13(14,15)16/h3-9H,1-2H3. The molecule has 0 unspecified atom stereocenters. The molecule has 0 saturated heterocycles. The van der Waals surface area contributed by atoms with Crippen LogP contribution in [0.15, 0.2) is 36.5 Å². The molecule has 2 rings (SSSR count). The summed E-state index contributed by atoms with van der Waals surface area (Å²) in [5.41, 5.74) is 0.882. The molecular formula is C13H13F3N2. The van der Waals surface area contributed by atoms with Gasteiger partial charge in [-0.05, 0) is 36.2 Å². The van der Waals surface area contributed by atoms with Crippen molar-refractivity contribution in [2.45, 2.75) is 25.9 Å². The minimum Gasteiger partial charge on any atom is -0.241 e. The molecule has 1 aromatic carbocycles. The second-order valence-electron chi connectivity index (χ2n) is 4.38. The zero-order valence-corrected chi connectivity index (χ0v) is 10.1. The van der Waals surface area contributed by atoms with E-state index in [1.54, 1.807) is 10.9 Å². The number of hydrogen-bond acceptors (Lipinski definition) is 1. The van der Waals surface area contributed by atoms with Gasteiger partial charge < -0.3 is 0 Å². The summed E-state index contributed by atoms with van der Waals surface area (Å²) >= 11 is 0. The molecule has 0 saturated carbocycles. The van der Waals surface area contributed by atoms with Crippen molar-refractivity contribution < 1.29 is 13.2 Å². The van der Waals surface area contributed by atoms with Gasteiger partial charge in [0, 0.05) is 6.20 Å². The lowest BCUT2D eigenvalue weighted by Gasteiger charge is -2.07. The first-order chi connectivity index (χ1) is 8.38. The van der Waals surface area contributed by atoms with E-state index in [1.807, 2.05) is 19.9 Å². The Hall–Kier alpha value is -1.78. The Morgan fingerprint density at radius 1 is 1.06 bits per heavy atom. The lowest BCUT2D eigenvalue weighted by Crippen LogP contribution is -2.05. The van der Waals surface area contributed by atoms with Crippen molar-refractivity contribution in [1.29, 1.82) is 0 Å². The topological polar surface area (TPSA) is 17.8 Å². The summed E-state index contributed by atoms with van der Waals surface area (Å²) in [4.78, 5) is 0. The third kappa shape index (κ3) is 2.55. The summed E-state index contributed by atoms with van der Waals surface area (Å²) in [6, 6.07) is 6.82. The van der Waals surface area contributed by atoms with Crippen LogP contribution in [-0.4, -0.2) is 9.78 Å². The van der Waals surface area contributed by atoms with E-state index in [-0.39, 0.29) is 0 Å². The van der Waals surface area contributed by atoms with Crippen LogP contribution in [0.4, 0.5) is 13.2 Å². The largest absolute Gasteiger partial charge is 0.416 e. The molecular weight excluding hydrogens is 241 g/mol. The summed E-state index contributed by atoms with van der Waals surface area (Å²) in [6.45, 7) is 4.03. The van der Waals surface area contributed by atoms with Crippen LogP contribution in [0.2, 0.25) is 0 Å². The van der Waals surface area contributed by atoms with Crippen LogP contribution in [0.3, 0.4) is 0 Å². The first kappa shape index (κ1) is 12.7. The van der Waals surface area contributed by atoms with E-state index in [0.717, 1.165) is 17.8 Å². The zero-order chi connectivity index (χ0) is 13.3. The van der Waals surface area contributed by atoms with Crippen molar-refractivity contribution in [2.75, 3.05) is 0 Å². The van der Waals surface area contributed by atoms with Crippen LogP contribution in [0.5, 0.6) is 0 Å². The second kappa shape index (κ2) is 4.48. The van der Waals surface area contributed by atoms with E-state index in [4.69, 9.17) is 0 Å². The zero-order valence-electron chi connectivity index (χ0n) is 10.1. The Labute approximate surface area is 103 Å². The molecule has 0 N–H and O–H groups in total. The molecule has 0 aliphatic heterocycles. The highest BCUT2D eigenvalue weighted by Crippen LogP contribution is 2.29. The van der Waals surface area contributed by atoms with E-state index in [9.17, 15) is 13.2 Å². The molecule has 1 aromatic heterocycles. The Bertz CT molecular complexity index is 524. The van der Waals surface area contributed by atoms with Gasteiger partial charge in [-0.1, -0.05) is 13.8 Å². The molecule has 2 aromatic rings. The highest BCUT2D eigenvalue weighted by Gasteiger charge is 2.29. The van der Waals surface area contributed by atoms with Gasteiger partial charge in [0.05, 0.1) is 16.9 Å². The molecule has 96 valence electrons. The van der Waals surface area contributed by atoms with Crippen molar-refractivity contribution >= 4 is 0 Å². The fourth-order valence-corrected chi connectivity index (χ4v) is 1.59. The van der Waals surface area contributed by atoms with Gasteiger partial charge in [0.2, 0.25) is 0 Å². The molecule has 18 heavy (non-hydrogen) atoms. The van der Waals surface area contributed by atoms with E-state index in [0.29, 0.717) is 11.6 Å². The first-order valence-electron chi connectivity index (χ1n) is 5.61. The maximum atomic E-state index is 12.4. The lowest BCUT2D eigenvalue weighted by molar-refractivity contribution is -0.137. The van der Waals surface area contributed by atoms with Gasteiger partial charge in [-0.2, -0.15) is 18.3 Å². The Balaban J connectivity index is 2.29. The summed E-state index contributed by atoms with van der Waals surface area (Å²) in [5, 5.41) is 4.31. The predicted octanol–water partition coefficient (Wildman–Crippen LogP) is 4.01. The molecule has 0 fully saturated rings. The molecule has 1 heterocycles. The van der Waals surface area contributed by atoms with Crippen LogP contribution in [0.25, 0.3) is 5.69 Å². The average Bonchev–Trinajstić information content (AvgIpc) is 2.77. The number of halogens is 3. The summed E-state index contributed by atoms with van der Waals surface area (Å²) in [5.74, 6) is 0.292. The van der Waals surface area contributed by atoms with Crippen molar-refractivity contribution in [1.82, 2.24) is 9.78 Å². The smallest absolute Gasteiger partial charge is 0.241 e. The van der Waals surface area contributed by atoms with Crippen LogP contribution >= 0.6 is 0 Å². The average molecular weight is 254 g/mol. The van der Waals surface area contributed by atoms with Gasteiger partial charge in [0.15, 0.2) is 0 Å². The fourth-order valence-electron chi connectivity index (χ4n) is 1.59. The van der Waals surface area contributed by atoms with Gasteiger partial charge in [-0.3, -0.25) is 0 Å². The highest BCUT2D eigenvalue weighted by molar-refractivity contribution is 5.35. The maximum absolute atomic E-state index is 12.4. The number of alkyl halides is 3. The summed E-state index contributed by atoms with van der Waals surface area (Å²) < 4.78 is 38.8. The Morgan fingerprint density at radius 3 is 2.11 bits per heavy atom. The van der Waals surface area contributed by atoms with Crippen molar-refractivity contribution in [3.8, 4) is 5.69 Å². The molecule has 0 radical (unpaired) electrons. The molecule has 0 bridgehead atoms. The molecule has 0 spiro atoms. The summed E-state index contributed by atoms with van der Waals surface area (Å²) in [7, 11) is 0. The SMILES string of the molecule is CC(C)c1ccn(-c2ccc(C(F)(F)F)cc2)n1. The maximum Gasteiger partial charge on any atom is 0.416 e. The molecule has 5 heteroatoms. The molecule has 0 aliphatic carbocycles. The van der Waals surface area contributed by atoms with Gasteiger partial charge in [-0.15, -0.1) is 0 Å². The van der Waals surface area contributed by atoms with E-state index < -0.39 is 11.7 Å². The predicted molar refractivity (Wildman–Crippen MR) is 62.7 cm³/mol. The minimum absolute atomic E-state index is 0.292. The monoisotopic (exact) mass is 254 g/mol. The highest BCUT2D eigenvalue weighted by atomic mass is 19.4. The van der Waals surface area contributed by atoms with Gasteiger partial charge in [-0.25, -0.2) is 4.68 Å². The van der Waals surface area contributed by atoms with Crippen molar-refractivity contribution in [3.05, 3.63) is 47.8 Å². The molecule has 0 amide bonds. The quantitative estimate of drug-likeness (QED) is 0.791. The van der Waals surface area contributed by atoms with Gasteiger partial charge in [0.1, 0.15) is 0 Å². The van der Waals surface area contributed by atoms with Gasteiger partial charge >= 0.3 is 6.18 Å². The number of nitrogens with zero attached hydrogens (tertiary/aromatic N) is 2. The summed E-state index contributed by atoms with van der Waals surface area (Å²) in [6.07, 6.45) is -2.55. The Kier molecular flexibility index (Phi) is 3.15. The normalized spacial score (nSPS) is 12.1. The minimum atomic E-state index is -4.30. The molecule has 2 nitrogen and oxygen atoms in total. The van der Waals surface area contributed by atoms with E-state index in [1.165, 1.54) is 12.1 Å². The molecule has 0 atom stereocenters. The van der Waals surface area contributed by atoms with Crippen LogP contribution in [0, 0.1) is 0 Å². The van der Waals surface area contributed by atoms with Crippen molar-refractivity contribution in [2.24, 2.45) is 0 Å². The number of benzene rings is 1. The Morgan fingerprint density at radius 2 is 1.67 bits per heavy atom.